The molecule has 2 aliphatic heterocycles. The third kappa shape index (κ3) is 3.89. The van der Waals surface area contributed by atoms with Gasteiger partial charge in [0, 0.05) is 44.6 Å². The van der Waals surface area contributed by atoms with Crippen molar-refractivity contribution in [2.75, 3.05) is 31.1 Å². The average Bonchev–Trinajstić information content (AvgIpc) is 3.42. The number of sulfonamides is 1. The molecule has 0 atom stereocenters. The lowest BCUT2D eigenvalue weighted by atomic mass is 10.1. The summed E-state index contributed by atoms with van der Waals surface area (Å²) in [4.78, 5) is 23.8. The molecule has 4 heterocycles. The topological polar surface area (TPSA) is 95.5 Å². The molecule has 4 rings (SSSR count). The number of rotatable bonds is 5. The van der Waals surface area contributed by atoms with Crippen LogP contribution in [0.4, 0.5) is 5.95 Å². The summed E-state index contributed by atoms with van der Waals surface area (Å²) < 4.78 is 27.2. The Morgan fingerprint density at radius 2 is 1.79 bits per heavy atom. The standard InChI is InChI=1S/C18H23N5O3S2/c24-17(16-15(6-13-27-16)28(25,26)23-9-1-2-10-23)21-14-4-11-22(12-5-14)18-19-7-3-8-20-18/h3,6-8,13-14H,1-2,4-5,9-12H2,(H,21,24). The molecule has 0 bridgehead atoms. The fraction of sp³-hybridized carbons (Fsp3) is 0.500. The maximum absolute atomic E-state index is 12.8. The highest BCUT2D eigenvalue weighted by Gasteiger charge is 2.32. The fourth-order valence-electron chi connectivity index (χ4n) is 3.66. The monoisotopic (exact) mass is 421 g/mol. The molecule has 0 unspecified atom stereocenters. The van der Waals surface area contributed by atoms with Crippen LogP contribution in [0.5, 0.6) is 0 Å². The number of nitrogens with one attached hydrogen (secondary N) is 1. The van der Waals surface area contributed by atoms with E-state index in [4.69, 9.17) is 0 Å². The predicted octanol–water partition coefficient (Wildman–Crippen LogP) is 1.72. The molecule has 0 aliphatic carbocycles. The van der Waals surface area contributed by atoms with E-state index >= 15 is 0 Å². The van der Waals surface area contributed by atoms with E-state index in [-0.39, 0.29) is 21.7 Å². The molecule has 8 nitrogen and oxygen atoms in total. The zero-order chi connectivity index (χ0) is 19.6. The van der Waals surface area contributed by atoms with Crippen molar-refractivity contribution in [1.29, 1.82) is 0 Å². The Hall–Kier alpha value is -2.04. The number of thiophene rings is 1. The van der Waals surface area contributed by atoms with Crippen molar-refractivity contribution in [3.05, 3.63) is 34.8 Å². The molecule has 1 N–H and O–H groups in total. The van der Waals surface area contributed by atoms with Crippen LogP contribution in [-0.4, -0.2) is 60.8 Å². The van der Waals surface area contributed by atoms with Crippen molar-refractivity contribution in [3.63, 3.8) is 0 Å². The third-order valence-electron chi connectivity index (χ3n) is 5.18. The third-order valence-corrected chi connectivity index (χ3v) is 8.17. The van der Waals surface area contributed by atoms with E-state index in [9.17, 15) is 13.2 Å². The van der Waals surface area contributed by atoms with Crippen LogP contribution in [0.15, 0.2) is 34.8 Å². The maximum Gasteiger partial charge on any atom is 0.262 e. The van der Waals surface area contributed by atoms with E-state index in [1.54, 1.807) is 29.9 Å². The van der Waals surface area contributed by atoms with Crippen LogP contribution in [0.25, 0.3) is 0 Å². The Morgan fingerprint density at radius 3 is 2.46 bits per heavy atom. The Kier molecular flexibility index (Phi) is 5.61. The number of carbonyl (C=O) groups is 1. The SMILES string of the molecule is O=C(NC1CCN(c2ncccn2)CC1)c1sccc1S(=O)(=O)N1CCCC1. The summed E-state index contributed by atoms with van der Waals surface area (Å²) in [6.45, 7) is 2.55. The van der Waals surface area contributed by atoms with Crippen LogP contribution >= 0.6 is 11.3 Å². The Balaban J connectivity index is 1.40. The molecule has 10 heteroatoms. The molecule has 0 spiro atoms. The van der Waals surface area contributed by atoms with Gasteiger partial charge in [-0.05, 0) is 43.2 Å². The van der Waals surface area contributed by atoms with Crippen LogP contribution < -0.4 is 10.2 Å². The molecular formula is C18H23N5O3S2. The van der Waals surface area contributed by atoms with Crippen molar-refractivity contribution in [3.8, 4) is 0 Å². The highest BCUT2D eigenvalue weighted by Crippen LogP contribution is 2.28. The molecule has 2 saturated heterocycles. The molecular weight excluding hydrogens is 398 g/mol. The molecule has 0 aromatic carbocycles. The van der Waals surface area contributed by atoms with E-state index in [2.05, 4.69) is 20.2 Å². The lowest BCUT2D eigenvalue weighted by molar-refractivity contribution is 0.0932. The molecule has 2 aromatic rings. The number of piperidine rings is 1. The first-order chi connectivity index (χ1) is 13.6. The number of carbonyl (C=O) groups excluding carboxylic acids is 1. The van der Waals surface area contributed by atoms with Gasteiger partial charge in [0.2, 0.25) is 16.0 Å². The van der Waals surface area contributed by atoms with Gasteiger partial charge in [-0.2, -0.15) is 4.31 Å². The smallest absolute Gasteiger partial charge is 0.262 e. The maximum atomic E-state index is 12.8. The van der Waals surface area contributed by atoms with Gasteiger partial charge in [0.15, 0.2) is 0 Å². The van der Waals surface area contributed by atoms with E-state index in [0.29, 0.717) is 19.0 Å². The van der Waals surface area contributed by atoms with Gasteiger partial charge in [0.1, 0.15) is 9.77 Å². The number of amides is 1. The van der Waals surface area contributed by atoms with E-state index in [0.717, 1.165) is 38.8 Å². The summed E-state index contributed by atoms with van der Waals surface area (Å²) >= 11 is 1.18. The number of hydrogen-bond donors (Lipinski definition) is 1. The zero-order valence-electron chi connectivity index (χ0n) is 15.5. The summed E-state index contributed by atoms with van der Waals surface area (Å²) in [5.74, 6) is 0.395. The molecule has 0 radical (unpaired) electrons. The minimum absolute atomic E-state index is 0.0110. The lowest BCUT2D eigenvalue weighted by Crippen LogP contribution is -2.45. The van der Waals surface area contributed by atoms with Crippen molar-refractivity contribution >= 4 is 33.2 Å². The number of nitrogens with zero attached hydrogens (tertiary/aromatic N) is 4. The van der Waals surface area contributed by atoms with E-state index in [1.165, 1.54) is 15.6 Å². The number of anilines is 1. The van der Waals surface area contributed by atoms with Crippen molar-refractivity contribution in [2.24, 2.45) is 0 Å². The van der Waals surface area contributed by atoms with Gasteiger partial charge in [0.25, 0.3) is 5.91 Å². The molecule has 2 aromatic heterocycles. The summed E-state index contributed by atoms with van der Waals surface area (Å²) in [6, 6.07) is 3.34. The van der Waals surface area contributed by atoms with E-state index in [1.807, 2.05) is 0 Å². The van der Waals surface area contributed by atoms with Crippen LogP contribution in [0.2, 0.25) is 0 Å². The molecule has 28 heavy (non-hydrogen) atoms. The first kappa shape index (κ1) is 19.3. The van der Waals surface area contributed by atoms with Crippen molar-refractivity contribution < 1.29 is 13.2 Å². The molecule has 2 aliphatic rings. The summed E-state index contributed by atoms with van der Waals surface area (Å²) in [7, 11) is -3.60. The number of hydrogen-bond acceptors (Lipinski definition) is 7. The second-order valence-electron chi connectivity index (χ2n) is 7.01. The minimum Gasteiger partial charge on any atom is -0.348 e. The van der Waals surface area contributed by atoms with E-state index < -0.39 is 10.0 Å². The normalized spacial score (nSPS) is 19.1. The molecule has 150 valence electrons. The number of aromatic nitrogens is 2. The van der Waals surface area contributed by atoms with Gasteiger partial charge < -0.3 is 10.2 Å². The Labute approximate surface area is 168 Å². The molecule has 0 saturated carbocycles. The average molecular weight is 422 g/mol. The summed E-state index contributed by atoms with van der Waals surface area (Å²) in [5, 5.41) is 4.69. The fourth-order valence-corrected chi connectivity index (χ4v) is 6.48. The quantitative estimate of drug-likeness (QED) is 0.790. The zero-order valence-corrected chi connectivity index (χ0v) is 17.1. The Bertz CT molecular complexity index is 918. The van der Waals surface area contributed by atoms with Gasteiger partial charge in [-0.3, -0.25) is 4.79 Å². The minimum atomic E-state index is -3.60. The highest BCUT2D eigenvalue weighted by molar-refractivity contribution is 7.89. The van der Waals surface area contributed by atoms with Crippen molar-refractivity contribution in [1.82, 2.24) is 19.6 Å². The second-order valence-corrected chi connectivity index (χ2v) is 9.83. The van der Waals surface area contributed by atoms with Gasteiger partial charge in [-0.25, -0.2) is 18.4 Å². The van der Waals surface area contributed by atoms with Gasteiger partial charge in [0.05, 0.1) is 0 Å². The Morgan fingerprint density at radius 1 is 1.11 bits per heavy atom. The van der Waals surface area contributed by atoms with Crippen LogP contribution in [0.1, 0.15) is 35.4 Å². The first-order valence-corrected chi connectivity index (χ1v) is 11.8. The lowest BCUT2D eigenvalue weighted by Gasteiger charge is -2.32. The summed E-state index contributed by atoms with van der Waals surface area (Å²) in [5.41, 5.74) is 0. The van der Waals surface area contributed by atoms with Gasteiger partial charge in [-0.15, -0.1) is 11.3 Å². The second kappa shape index (κ2) is 8.14. The molecule has 2 fully saturated rings. The predicted molar refractivity (Wildman–Crippen MR) is 107 cm³/mol. The largest absolute Gasteiger partial charge is 0.348 e. The van der Waals surface area contributed by atoms with Crippen LogP contribution in [-0.2, 0) is 10.0 Å². The van der Waals surface area contributed by atoms with Crippen molar-refractivity contribution in [2.45, 2.75) is 36.6 Å². The highest BCUT2D eigenvalue weighted by atomic mass is 32.2. The van der Waals surface area contributed by atoms with Crippen LogP contribution in [0, 0.1) is 0 Å². The van der Waals surface area contributed by atoms with Crippen LogP contribution in [0.3, 0.4) is 0 Å². The molecule has 1 amide bonds. The van der Waals surface area contributed by atoms with Gasteiger partial charge >= 0.3 is 0 Å². The first-order valence-electron chi connectivity index (χ1n) is 9.46. The summed E-state index contributed by atoms with van der Waals surface area (Å²) in [6.07, 6.45) is 6.71. The van der Waals surface area contributed by atoms with Gasteiger partial charge in [-0.1, -0.05) is 0 Å².